The number of carbonyl (C=O) groups is 4. The Morgan fingerprint density at radius 1 is 1.05 bits per heavy atom. The van der Waals surface area contributed by atoms with E-state index in [-0.39, 0.29) is 25.7 Å². The number of amides is 2. The van der Waals surface area contributed by atoms with Gasteiger partial charge in [-0.25, -0.2) is 4.79 Å². The van der Waals surface area contributed by atoms with Gasteiger partial charge >= 0.3 is 11.9 Å². The Hall–Kier alpha value is -2.16. The van der Waals surface area contributed by atoms with E-state index in [2.05, 4.69) is 5.32 Å². The Morgan fingerprint density at radius 2 is 1.63 bits per heavy atom. The standard InChI is InChI=1S/C10H17N3O6/c11-5(1-4-8(15)16)9(17)13-6(10(18)19)2-3-7(12)14/h5-6H,1-4,11H2,(H2,12,14)(H,13,17)(H,15,16)(H,18,19)/t5-,6+/m1/s1. The highest BCUT2D eigenvalue weighted by atomic mass is 16.4. The van der Waals surface area contributed by atoms with Gasteiger partial charge in [-0.3, -0.25) is 14.4 Å². The predicted molar refractivity (Wildman–Crippen MR) is 62.8 cm³/mol. The highest BCUT2D eigenvalue weighted by Gasteiger charge is 2.23. The zero-order valence-electron chi connectivity index (χ0n) is 10.2. The average molecular weight is 275 g/mol. The van der Waals surface area contributed by atoms with Gasteiger partial charge < -0.3 is 27.0 Å². The number of carboxylic acids is 2. The summed E-state index contributed by atoms with van der Waals surface area (Å²) in [5.41, 5.74) is 10.3. The molecule has 108 valence electrons. The van der Waals surface area contributed by atoms with Crippen molar-refractivity contribution in [3.8, 4) is 0 Å². The molecule has 0 aromatic heterocycles. The molecule has 7 N–H and O–H groups in total. The summed E-state index contributed by atoms with van der Waals surface area (Å²) in [6.45, 7) is 0. The lowest BCUT2D eigenvalue weighted by atomic mass is 10.1. The number of nitrogens with two attached hydrogens (primary N) is 2. The maximum atomic E-state index is 11.5. The van der Waals surface area contributed by atoms with Crippen molar-refractivity contribution in [1.29, 1.82) is 0 Å². The molecular formula is C10H17N3O6. The number of hydrogen-bond acceptors (Lipinski definition) is 5. The van der Waals surface area contributed by atoms with Gasteiger partial charge in [-0.1, -0.05) is 0 Å². The van der Waals surface area contributed by atoms with Crippen molar-refractivity contribution < 1.29 is 29.4 Å². The van der Waals surface area contributed by atoms with Crippen molar-refractivity contribution >= 4 is 23.8 Å². The summed E-state index contributed by atoms with van der Waals surface area (Å²) in [7, 11) is 0. The van der Waals surface area contributed by atoms with Crippen LogP contribution in [-0.2, 0) is 19.2 Å². The highest BCUT2D eigenvalue weighted by molar-refractivity contribution is 5.87. The van der Waals surface area contributed by atoms with Crippen LogP contribution in [0.5, 0.6) is 0 Å². The molecule has 0 aromatic carbocycles. The second-order valence-corrected chi connectivity index (χ2v) is 3.94. The van der Waals surface area contributed by atoms with E-state index in [0.29, 0.717) is 0 Å². The third-order valence-electron chi connectivity index (χ3n) is 2.30. The van der Waals surface area contributed by atoms with Gasteiger partial charge in [-0.15, -0.1) is 0 Å². The number of aliphatic carboxylic acids is 2. The maximum absolute atomic E-state index is 11.5. The second kappa shape index (κ2) is 8.03. The predicted octanol–water partition coefficient (Wildman–Crippen LogP) is -1.99. The van der Waals surface area contributed by atoms with Crippen LogP contribution in [0.25, 0.3) is 0 Å². The Bertz CT molecular complexity index is 370. The van der Waals surface area contributed by atoms with Crippen molar-refractivity contribution in [1.82, 2.24) is 5.32 Å². The van der Waals surface area contributed by atoms with Gasteiger partial charge in [-0.05, 0) is 12.8 Å². The smallest absolute Gasteiger partial charge is 0.326 e. The number of primary amides is 1. The summed E-state index contributed by atoms with van der Waals surface area (Å²) in [6, 6.07) is -2.40. The van der Waals surface area contributed by atoms with Crippen LogP contribution in [0.4, 0.5) is 0 Å². The molecule has 0 unspecified atom stereocenters. The maximum Gasteiger partial charge on any atom is 0.326 e. The summed E-state index contributed by atoms with van der Waals surface area (Å²) in [6.07, 6.45) is -0.749. The van der Waals surface area contributed by atoms with Crippen LogP contribution >= 0.6 is 0 Å². The van der Waals surface area contributed by atoms with Crippen LogP contribution in [0.3, 0.4) is 0 Å². The molecule has 2 amide bonds. The van der Waals surface area contributed by atoms with Crippen LogP contribution < -0.4 is 16.8 Å². The minimum Gasteiger partial charge on any atom is -0.481 e. The lowest BCUT2D eigenvalue weighted by molar-refractivity contribution is -0.142. The van der Waals surface area contributed by atoms with Gasteiger partial charge in [0.05, 0.1) is 6.04 Å². The lowest BCUT2D eigenvalue weighted by Crippen LogP contribution is -2.48. The Morgan fingerprint density at radius 3 is 2.05 bits per heavy atom. The van der Waals surface area contributed by atoms with Crippen LogP contribution in [0.15, 0.2) is 0 Å². The van der Waals surface area contributed by atoms with E-state index in [9.17, 15) is 19.2 Å². The van der Waals surface area contributed by atoms with Crippen LogP contribution in [-0.4, -0.2) is 46.0 Å². The normalized spacial score (nSPS) is 13.3. The van der Waals surface area contributed by atoms with E-state index in [4.69, 9.17) is 21.7 Å². The molecule has 9 nitrogen and oxygen atoms in total. The van der Waals surface area contributed by atoms with Crippen molar-refractivity contribution in [3.05, 3.63) is 0 Å². The first kappa shape index (κ1) is 16.8. The van der Waals surface area contributed by atoms with Crippen LogP contribution in [0, 0.1) is 0 Å². The monoisotopic (exact) mass is 275 g/mol. The quantitative estimate of drug-likeness (QED) is 0.324. The molecule has 0 aromatic rings. The molecule has 0 radical (unpaired) electrons. The second-order valence-electron chi connectivity index (χ2n) is 3.94. The fourth-order valence-corrected chi connectivity index (χ4v) is 1.23. The number of nitrogens with one attached hydrogen (secondary N) is 1. The summed E-state index contributed by atoms with van der Waals surface area (Å²) >= 11 is 0. The largest absolute Gasteiger partial charge is 0.481 e. The van der Waals surface area contributed by atoms with Crippen molar-refractivity contribution in [3.63, 3.8) is 0 Å². The third kappa shape index (κ3) is 7.71. The van der Waals surface area contributed by atoms with E-state index in [1.54, 1.807) is 0 Å². The number of carboxylic acid groups (broad SMARTS) is 2. The van der Waals surface area contributed by atoms with Gasteiger partial charge in [0, 0.05) is 12.8 Å². The number of rotatable bonds is 9. The van der Waals surface area contributed by atoms with E-state index in [0.717, 1.165) is 0 Å². The van der Waals surface area contributed by atoms with Gasteiger partial charge in [0.25, 0.3) is 0 Å². The minimum absolute atomic E-state index is 0.108. The first-order valence-corrected chi connectivity index (χ1v) is 5.53. The highest BCUT2D eigenvalue weighted by Crippen LogP contribution is 2.00. The number of hydrogen-bond donors (Lipinski definition) is 5. The topological polar surface area (TPSA) is 173 Å². The molecule has 0 rings (SSSR count). The van der Waals surface area contributed by atoms with E-state index in [1.165, 1.54) is 0 Å². The molecular weight excluding hydrogens is 258 g/mol. The molecule has 0 saturated carbocycles. The first-order chi connectivity index (χ1) is 8.73. The fraction of sp³-hybridized carbons (Fsp3) is 0.600. The average Bonchev–Trinajstić information content (AvgIpc) is 2.30. The fourth-order valence-electron chi connectivity index (χ4n) is 1.23. The summed E-state index contributed by atoms with van der Waals surface area (Å²) in [5.74, 6) is -3.89. The Kier molecular flexibility index (Phi) is 7.12. The minimum atomic E-state index is -1.32. The van der Waals surface area contributed by atoms with Crippen LogP contribution in [0.1, 0.15) is 25.7 Å². The molecule has 0 spiro atoms. The van der Waals surface area contributed by atoms with Crippen LogP contribution in [0.2, 0.25) is 0 Å². The molecule has 0 aliphatic rings. The molecule has 0 bridgehead atoms. The van der Waals surface area contributed by atoms with E-state index < -0.39 is 35.8 Å². The summed E-state index contributed by atoms with van der Waals surface area (Å²) in [5, 5.41) is 19.4. The van der Waals surface area contributed by atoms with Crippen molar-refractivity contribution in [2.75, 3.05) is 0 Å². The SMILES string of the molecule is NC(=O)CC[C@H](NC(=O)[C@H](N)CCC(=O)O)C(=O)O. The van der Waals surface area contributed by atoms with Gasteiger partial charge in [-0.2, -0.15) is 0 Å². The van der Waals surface area contributed by atoms with E-state index >= 15 is 0 Å². The zero-order valence-corrected chi connectivity index (χ0v) is 10.2. The molecule has 0 fully saturated rings. The molecule has 0 heterocycles. The molecule has 9 heteroatoms. The summed E-state index contributed by atoms with van der Waals surface area (Å²) < 4.78 is 0. The van der Waals surface area contributed by atoms with Crippen molar-refractivity contribution in [2.45, 2.75) is 37.8 Å². The zero-order chi connectivity index (χ0) is 15.0. The van der Waals surface area contributed by atoms with Gasteiger partial charge in [0.2, 0.25) is 11.8 Å². The van der Waals surface area contributed by atoms with Crippen molar-refractivity contribution in [2.24, 2.45) is 11.5 Å². The molecule has 0 saturated heterocycles. The Balaban J connectivity index is 4.33. The Labute approximate surface area is 108 Å². The van der Waals surface area contributed by atoms with E-state index in [1.807, 2.05) is 0 Å². The molecule has 0 aliphatic carbocycles. The molecule has 19 heavy (non-hydrogen) atoms. The third-order valence-corrected chi connectivity index (χ3v) is 2.30. The first-order valence-electron chi connectivity index (χ1n) is 5.53. The molecule has 2 atom stereocenters. The van der Waals surface area contributed by atoms with Gasteiger partial charge in [0.1, 0.15) is 6.04 Å². The summed E-state index contributed by atoms with van der Waals surface area (Å²) in [4.78, 5) is 43.2. The number of carbonyl (C=O) groups excluding carboxylic acids is 2. The van der Waals surface area contributed by atoms with Gasteiger partial charge in [0.15, 0.2) is 0 Å². The lowest BCUT2D eigenvalue weighted by Gasteiger charge is -2.16. The molecule has 0 aliphatic heterocycles.